The molecule has 0 spiro atoms. The highest BCUT2D eigenvalue weighted by Crippen LogP contribution is 2.39. The number of rotatable bonds is 1. The van der Waals surface area contributed by atoms with E-state index in [0.717, 1.165) is 44.0 Å². The second-order valence-electron chi connectivity index (χ2n) is 5.16. The van der Waals surface area contributed by atoms with E-state index < -0.39 is 0 Å². The number of morpholine rings is 1. The molecule has 0 aromatic rings. The van der Waals surface area contributed by atoms with Crippen LogP contribution in [0.2, 0.25) is 0 Å². The Labute approximate surface area is 96.8 Å². The predicted octanol–water partition coefficient (Wildman–Crippen LogP) is 1.76. The van der Waals surface area contributed by atoms with Gasteiger partial charge in [0.1, 0.15) is 0 Å². The van der Waals surface area contributed by atoms with E-state index in [1.807, 2.05) is 0 Å². The van der Waals surface area contributed by atoms with E-state index in [2.05, 4.69) is 25.3 Å². The van der Waals surface area contributed by atoms with Crippen LogP contribution in [0.15, 0.2) is 23.9 Å². The van der Waals surface area contributed by atoms with E-state index in [4.69, 9.17) is 4.74 Å². The van der Waals surface area contributed by atoms with E-state index >= 15 is 0 Å². The lowest BCUT2D eigenvalue weighted by atomic mass is 9.76. The van der Waals surface area contributed by atoms with Gasteiger partial charge in [0.15, 0.2) is 5.78 Å². The van der Waals surface area contributed by atoms with Crippen molar-refractivity contribution < 1.29 is 9.53 Å². The standard InChI is InChI=1S/C13H19NO2/c1-10-9-13(2,3)12(8-11(10)15)14-4-6-16-7-5-14/h8H,1,4-7,9H2,2-3H3. The third kappa shape index (κ3) is 2.05. The number of hydrogen-bond acceptors (Lipinski definition) is 3. The first-order valence-electron chi connectivity index (χ1n) is 5.78. The SMILES string of the molecule is C=C1CC(C)(C)C(N2CCOCC2)=CC1=O. The fourth-order valence-electron chi connectivity index (χ4n) is 2.46. The smallest absolute Gasteiger partial charge is 0.183 e. The highest BCUT2D eigenvalue weighted by Gasteiger charge is 2.34. The van der Waals surface area contributed by atoms with Crippen molar-refractivity contribution in [1.82, 2.24) is 4.90 Å². The average Bonchev–Trinajstić information content (AvgIpc) is 2.24. The third-order valence-corrected chi connectivity index (χ3v) is 3.32. The quantitative estimate of drug-likeness (QED) is 0.632. The minimum Gasteiger partial charge on any atom is -0.378 e. The second-order valence-corrected chi connectivity index (χ2v) is 5.16. The van der Waals surface area contributed by atoms with Gasteiger partial charge >= 0.3 is 0 Å². The summed E-state index contributed by atoms with van der Waals surface area (Å²) in [6.07, 6.45) is 2.52. The summed E-state index contributed by atoms with van der Waals surface area (Å²) in [7, 11) is 0. The summed E-state index contributed by atoms with van der Waals surface area (Å²) in [6.45, 7) is 11.5. The molecule has 2 aliphatic rings. The van der Waals surface area contributed by atoms with Gasteiger partial charge in [-0.25, -0.2) is 0 Å². The lowest BCUT2D eigenvalue weighted by Crippen LogP contribution is -2.42. The zero-order valence-electron chi connectivity index (χ0n) is 10.1. The number of ketones is 1. The first kappa shape index (κ1) is 11.4. The molecule has 2 rings (SSSR count). The molecular weight excluding hydrogens is 202 g/mol. The van der Waals surface area contributed by atoms with E-state index in [1.165, 1.54) is 0 Å². The lowest BCUT2D eigenvalue weighted by Gasteiger charge is -2.41. The maximum atomic E-state index is 11.7. The van der Waals surface area contributed by atoms with Crippen LogP contribution in [-0.2, 0) is 9.53 Å². The maximum Gasteiger partial charge on any atom is 0.183 e. The Hall–Kier alpha value is -1.09. The topological polar surface area (TPSA) is 29.5 Å². The van der Waals surface area contributed by atoms with Gasteiger partial charge in [0, 0.05) is 30.3 Å². The minimum atomic E-state index is 0.0162. The summed E-state index contributed by atoms with van der Waals surface area (Å²) < 4.78 is 5.34. The normalized spacial score (nSPS) is 25.6. The summed E-state index contributed by atoms with van der Waals surface area (Å²) in [6, 6.07) is 0. The number of nitrogens with zero attached hydrogens (tertiary/aromatic N) is 1. The Bertz CT molecular complexity index is 349. The highest BCUT2D eigenvalue weighted by atomic mass is 16.5. The van der Waals surface area contributed by atoms with Gasteiger partial charge < -0.3 is 9.64 Å². The first-order valence-corrected chi connectivity index (χ1v) is 5.78. The van der Waals surface area contributed by atoms with Crippen LogP contribution < -0.4 is 0 Å². The van der Waals surface area contributed by atoms with Gasteiger partial charge in [-0.3, -0.25) is 4.79 Å². The van der Waals surface area contributed by atoms with E-state index in [-0.39, 0.29) is 11.2 Å². The van der Waals surface area contributed by atoms with Crippen molar-refractivity contribution in [2.24, 2.45) is 5.41 Å². The molecule has 0 saturated carbocycles. The summed E-state index contributed by atoms with van der Waals surface area (Å²) in [5.74, 6) is 0.0841. The number of carbonyl (C=O) groups excluding carboxylic acids is 1. The molecule has 1 aliphatic carbocycles. The van der Waals surface area contributed by atoms with Crippen LogP contribution in [0, 0.1) is 5.41 Å². The van der Waals surface area contributed by atoms with Crippen LogP contribution >= 0.6 is 0 Å². The Morgan fingerprint density at radius 3 is 2.62 bits per heavy atom. The monoisotopic (exact) mass is 221 g/mol. The molecule has 1 aliphatic heterocycles. The summed E-state index contributed by atoms with van der Waals surface area (Å²) in [5, 5.41) is 0. The zero-order chi connectivity index (χ0) is 11.8. The van der Waals surface area contributed by atoms with Crippen molar-refractivity contribution >= 4 is 5.78 Å². The van der Waals surface area contributed by atoms with Crippen LogP contribution in [0.1, 0.15) is 20.3 Å². The minimum absolute atomic E-state index is 0.0162. The van der Waals surface area contributed by atoms with Gasteiger partial charge in [-0.2, -0.15) is 0 Å². The summed E-state index contributed by atoms with van der Waals surface area (Å²) in [5.41, 5.74) is 1.89. The first-order chi connectivity index (χ1) is 7.50. The Morgan fingerprint density at radius 2 is 2.00 bits per heavy atom. The van der Waals surface area contributed by atoms with E-state index in [9.17, 15) is 4.79 Å². The number of allylic oxidation sites excluding steroid dienone is 3. The summed E-state index contributed by atoms with van der Waals surface area (Å²) >= 11 is 0. The second kappa shape index (κ2) is 4.06. The largest absolute Gasteiger partial charge is 0.378 e. The molecule has 0 atom stereocenters. The zero-order valence-corrected chi connectivity index (χ0v) is 10.1. The molecule has 0 amide bonds. The number of hydrogen-bond donors (Lipinski definition) is 0. The van der Waals surface area contributed by atoms with Crippen LogP contribution in [0.5, 0.6) is 0 Å². The van der Waals surface area contributed by atoms with Gasteiger partial charge in [-0.05, 0) is 12.0 Å². The van der Waals surface area contributed by atoms with Crippen LogP contribution in [0.4, 0.5) is 0 Å². The highest BCUT2D eigenvalue weighted by molar-refractivity contribution is 6.05. The molecule has 0 unspecified atom stereocenters. The van der Waals surface area contributed by atoms with Gasteiger partial charge in [0.25, 0.3) is 0 Å². The van der Waals surface area contributed by atoms with Crippen molar-refractivity contribution in [3.63, 3.8) is 0 Å². The third-order valence-electron chi connectivity index (χ3n) is 3.32. The van der Waals surface area contributed by atoms with Crippen molar-refractivity contribution in [2.75, 3.05) is 26.3 Å². The van der Waals surface area contributed by atoms with E-state index in [0.29, 0.717) is 0 Å². The molecule has 3 nitrogen and oxygen atoms in total. The predicted molar refractivity (Wildman–Crippen MR) is 63.0 cm³/mol. The molecule has 0 aromatic carbocycles. The van der Waals surface area contributed by atoms with Crippen molar-refractivity contribution in [1.29, 1.82) is 0 Å². The Morgan fingerprint density at radius 1 is 1.38 bits per heavy atom. The van der Waals surface area contributed by atoms with Gasteiger partial charge in [-0.1, -0.05) is 20.4 Å². The van der Waals surface area contributed by atoms with Crippen molar-refractivity contribution in [3.8, 4) is 0 Å². The number of carbonyl (C=O) groups is 1. The van der Waals surface area contributed by atoms with E-state index in [1.54, 1.807) is 6.08 Å². The molecule has 1 fully saturated rings. The molecule has 16 heavy (non-hydrogen) atoms. The summed E-state index contributed by atoms with van der Waals surface area (Å²) in [4.78, 5) is 14.0. The molecule has 0 N–H and O–H groups in total. The fraction of sp³-hybridized carbons (Fsp3) is 0.615. The molecule has 0 aromatic heterocycles. The van der Waals surface area contributed by atoms with Gasteiger partial charge in [-0.15, -0.1) is 0 Å². The Kier molecular flexibility index (Phi) is 2.89. The molecule has 1 saturated heterocycles. The number of ether oxygens (including phenoxy) is 1. The van der Waals surface area contributed by atoms with Crippen molar-refractivity contribution in [2.45, 2.75) is 20.3 Å². The molecule has 88 valence electrons. The molecule has 3 heteroatoms. The lowest BCUT2D eigenvalue weighted by molar-refractivity contribution is -0.112. The molecule has 1 heterocycles. The fourth-order valence-corrected chi connectivity index (χ4v) is 2.46. The average molecular weight is 221 g/mol. The van der Waals surface area contributed by atoms with Crippen molar-refractivity contribution in [3.05, 3.63) is 23.9 Å². The molecular formula is C13H19NO2. The van der Waals surface area contributed by atoms with Crippen LogP contribution in [0.3, 0.4) is 0 Å². The Balaban J connectivity index is 2.26. The molecule has 0 radical (unpaired) electrons. The van der Waals surface area contributed by atoms with Gasteiger partial charge in [0.05, 0.1) is 13.2 Å². The van der Waals surface area contributed by atoms with Crippen LogP contribution in [-0.4, -0.2) is 37.0 Å². The van der Waals surface area contributed by atoms with Crippen LogP contribution in [0.25, 0.3) is 0 Å². The molecule has 0 bridgehead atoms. The maximum absolute atomic E-state index is 11.7. The van der Waals surface area contributed by atoms with Gasteiger partial charge in [0.2, 0.25) is 0 Å².